The summed E-state index contributed by atoms with van der Waals surface area (Å²) in [5.41, 5.74) is 0.918. The molecule has 1 heterocycles. The minimum Gasteiger partial charge on any atom is -0.411 e. The van der Waals surface area contributed by atoms with Crippen LogP contribution in [-0.4, -0.2) is 36.3 Å². The first-order valence-corrected chi connectivity index (χ1v) is 5.81. The van der Waals surface area contributed by atoms with E-state index in [0.717, 1.165) is 57.5 Å². The first kappa shape index (κ1) is 10.9. The summed E-state index contributed by atoms with van der Waals surface area (Å²) in [5, 5.41) is 11.9. The van der Waals surface area contributed by atoms with Crippen molar-refractivity contribution in [3.05, 3.63) is 0 Å². The smallest absolute Gasteiger partial charge is 0.0622 e. The predicted molar refractivity (Wildman–Crippen MR) is 56.4 cm³/mol. The van der Waals surface area contributed by atoms with E-state index in [1.807, 2.05) is 0 Å². The van der Waals surface area contributed by atoms with Gasteiger partial charge in [0.05, 0.1) is 17.9 Å². The average molecular weight is 213 g/mol. The molecule has 1 N–H and O–H groups in total. The minimum absolute atomic E-state index is 0.360. The molecule has 86 valence electrons. The topological polar surface area (TPSA) is 51.1 Å². The standard InChI is InChI=1S/C11H19NO3/c13-12-9-1-3-10(4-2-9)15-11-5-7-14-8-6-11/h10-11,13H,1-8H2. The van der Waals surface area contributed by atoms with Crippen LogP contribution in [0.25, 0.3) is 0 Å². The molecule has 0 aromatic heterocycles. The normalized spacial score (nSPS) is 29.1. The third-order valence-corrected chi connectivity index (χ3v) is 3.20. The van der Waals surface area contributed by atoms with E-state index in [4.69, 9.17) is 14.7 Å². The molecule has 4 nitrogen and oxygen atoms in total. The fraction of sp³-hybridized carbons (Fsp3) is 0.909. The fourth-order valence-electron chi connectivity index (χ4n) is 2.24. The highest BCUT2D eigenvalue weighted by atomic mass is 16.5. The van der Waals surface area contributed by atoms with Gasteiger partial charge in [-0.3, -0.25) is 0 Å². The molecule has 2 aliphatic rings. The molecule has 0 aromatic carbocycles. The van der Waals surface area contributed by atoms with Crippen LogP contribution in [-0.2, 0) is 9.47 Å². The Morgan fingerprint density at radius 1 is 1.07 bits per heavy atom. The van der Waals surface area contributed by atoms with Gasteiger partial charge in [0.25, 0.3) is 0 Å². The van der Waals surface area contributed by atoms with Gasteiger partial charge in [0.15, 0.2) is 0 Å². The van der Waals surface area contributed by atoms with Crippen molar-refractivity contribution in [3.8, 4) is 0 Å². The van der Waals surface area contributed by atoms with Gasteiger partial charge in [-0.1, -0.05) is 5.16 Å². The summed E-state index contributed by atoms with van der Waals surface area (Å²) in [5.74, 6) is 0. The largest absolute Gasteiger partial charge is 0.411 e. The summed E-state index contributed by atoms with van der Waals surface area (Å²) < 4.78 is 11.3. The zero-order chi connectivity index (χ0) is 10.5. The molecule has 1 aliphatic heterocycles. The Labute approximate surface area is 90.2 Å². The Hall–Kier alpha value is -0.610. The van der Waals surface area contributed by atoms with E-state index in [1.54, 1.807) is 0 Å². The number of hydrogen-bond donors (Lipinski definition) is 1. The van der Waals surface area contributed by atoms with Gasteiger partial charge in [0.1, 0.15) is 0 Å². The molecule has 2 fully saturated rings. The molecular formula is C11H19NO3. The molecule has 0 atom stereocenters. The van der Waals surface area contributed by atoms with E-state index in [0.29, 0.717) is 12.2 Å². The maximum absolute atomic E-state index is 8.63. The van der Waals surface area contributed by atoms with E-state index in [2.05, 4.69) is 5.16 Å². The second-order valence-corrected chi connectivity index (χ2v) is 4.31. The SMILES string of the molecule is ON=C1CCC(OC2CCOCC2)CC1. The lowest BCUT2D eigenvalue weighted by molar-refractivity contribution is -0.0734. The van der Waals surface area contributed by atoms with Crippen LogP contribution in [0.1, 0.15) is 38.5 Å². The van der Waals surface area contributed by atoms with Crippen LogP contribution >= 0.6 is 0 Å². The second-order valence-electron chi connectivity index (χ2n) is 4.31. The molecule has 0 radical (unpaired) electrons. The van der Waals surface area contributed by atoms with Crippen molar-refractivity contribution < 1.29 is 14.7 Å². The summed E-state index contributed by atoms with van der Waals surface area (Å²) in [6, 6.07) is 0. The van der Waals surface area contributed by atoms with Crippen molar-refractivity contribution in [2.24, 2.45) is 5.16 Å². The molecule has 0 unspecified atom stereocenters. The molecule has 0 amide bonds. The van der Waals surface area contributed by atoms with E-state index < -0.39 is 0 Å². The zero-order valence-electron chi connectivity index (χ0n) is 9.02. The van der Waals surface area contributed by atoms with Gasteiger partial charge >= 0.3 is 0 Å². The van der Waals surface area contributed by atoms with Crippen molar-refractivity contribution >= 4 is 5.71 Å². The highest BCUT2D eigenvalue weighted by Gasteiger charge is 2.23. The summed E-state index contributed by atoms with van der Waals surface area (Å²) in [4.78, 5) is 0. The molecule has 15 heavy (non-hydrogen) atoms. The van der Waals surface area contributed by atoms with Crippen LogP contribution in [0, 0.1) is 0 Å². The first-order valence-electron chi connectivity index (χ1n) is 5.81. The highest BCUT2D eigenvalue weighted by Crippen LogP contribution is 2.23. The number of ether oxygens (including phenoxy) is 2. The fourth-order valence-corrected chi connectivity index (χ4v) is 2.24. The molecular weight excluding hydrogens is 194 g/mol. The summed E-state index contributed by atoms with van der Waals surface area (Å²) in [6.45, 7) is 1.67. The van der Waals surface area contributed by atoms with Crippen molar-refractivity contribution in [1.29, 1.82) is 0 Å². The second kappa shape index (κ2) is 5.47. The lowest BCUT2D eigenvalue weighted by Crippen LogP contribution is -2.30. The Morgan fingerprint density at radius 2 is 1.67 bits per heavy atom. The van der Waals surface area contributed by atoms with Crippen LogP contribution < -0.4 is 0 Å². The van der Waals surface area contributed by atoms with Gasteiger partial charge in [0.2, 0.25) is 0 Å². The number of oxime groups is 1. The van der Waals surface area contributed by atoms with E-state index >= 15 is 0 Å². The number of nitrogens with zero attached hydrogens (tertiary/aromatic N) is 1. The summed E-state index contributed by atoms with van der Waals surface area (Å²) in [6.07, 6.45) is 6.55. The summed E-state index contributed by atoms with van der Waals surface area (Å²) >= 11 is 0. The maximum Gasteiger partial charge on any atom is 0.0622 e. The van der Waals surface area contributed by atoms with Crippen molar-refractivity contribution in [2.75, 3.05) is 13.2 Å². The van der Waals surface area contributed by atoms with E-state index in [1.165, 1.54) is 0 Å². The van der Waals surface area contributed by atoms with Crippen LogP contribution in [0.4, 0.5) is 0 Å². The van der Waals surface area contributed by atoms with Gasteiger partial charge in [-0.25, -0.2) is 0 Å². The quantitative estimate of drug-likeness (QED) is 0.563. The lowest BCUT2D eigenvalue weighted by atomic mass is 9.95. The predicted octanol–water partition coefficient (Wildman–Crippen LogP) is 1.95. The molecule has 1 saturated heterocycles. The number of hydrogen-bond acceptors (Lipinski definition) is 4. The van der Waals surface area contributed by atoms with Crippen LogP contribution in [0.2, 0.25) is 0 Å². The van der Waals surface area contributed by atoms with Crippen LogP contribution in [0.3, 0.4) is 0 Å². The Bertz CT molecular complexity index is 214. The monoisotopic (exact) mass is 213 g/mol. The molecule has 0 aromatic rings. The molecule has 0 spiro atoms. The van der Waals surface area contributed by atoms with Gasteiger partial charge in [0, 0.05) is 13.2 Å². The molecule has 4 heteroatoms. The molecule has 0 bridgehead atoms. The number of rotatable bonds is 2. The van der Waals surface area contributed by atoms with Gasteiger partial charge in [-0.15, -0.1) is 0 Å². The van der Waals surface area contributed by atoms with Crippen molar-refractivity contribution in [1.82, 2.24) is 0 Å². The van der Waals surface area contributed by atoms with Crippen molar-refractivity contribution in [3.63, 3.8) is 0 Å². The maximum atomic E-state index is 8.63. The lowest BCUT2D eigenvalue weighted by Gasteiger charge is -2.30. The van der Waals surface area contributed by atoms with Gasteiger partial charge < -0.3 is 14.7 Å². The average Bonchev–Trinajstić information content (AvgIpc) is 2.31. The Kier molecular flexibility index (Phi) is 3.97. The van der Waals surface area contributed by atoms with E-state index in [-0.39, 0.29) is 0 Å². The molecule has 1 saturated carbocycles. The van der Waals surface area contributed by atoms with Gasteiger partial charge in [-0.2, -0.15) is 0 Å². The molecule has 1 aliphatic carbocycles. The summed E-state index contributed by atoms with van der Waals surface area (Å²) in [7, 11) is 0. The van der Waals surface area contributed by atoms with Crippen LogP contribution in [0.15, 0.2) is 5.16 Å². The molecule has 2 rings (SSSR count). The zero-order valence-corrected chi connectivity index (χ0v) is 9.02. The van der Waals surface area contributed by atoms with Crippen LogP contribution in [0.5, 0.6) is 0 Å². The third-order valence-electron chi connectivity index (χ3n) is 3.20. The van der Waals surface area contributed by atoms with Gasteiger partial charge in [-0.05, 0) is 38.5 Å². The first-order chi connectivity index (χ1) is 7.38. The van der Waals surface area contributed by atoms with Crippen molar-refractivity contribution in [2.45, 2.75) is 50.7 Å². The third kappa shape index (κ3) is 3.18. The Morgan fingerprint density at radius 3 is 2.27 bits per heavy atom. The highest BCUT2D eigenvalue weighted by molar-refractivity contribution is 5.84. The Balaban J connectivity index is 1.71. The van der Waals surface area contributed by atoms with E-state index in [9.17, 15) is 0 Å². The minimum atomic E-state index is 0.360.